The quantitative estimate of drug-likeness (QED) is 0.0401. The fourth-order valence-corrected chi connectivity index (χ4v) is 5.92. The summed E-state index contributed by atoms with van der Waals surface area (Å²) in [7, 11) is 0. The van der Waals surface area contributed by atoms with Crippen LogP contribution in [0.2, 0.25) is 0 Å². The molecule has 1 N–H and O–H groups in total. The van der Waals surface area contributed by atoms with Crippen LogP contribution in [0.25, 0.3) is 0 Å². The van der Waals surface area contributed by atoms with Crippen molar-refractivity contribution >= 4 is 11.9 Å². The van der Waals surface area contributed by atoms with Gasteiger partial charge in [-0.15, -0.1) is 0 Å². The number of nitrogens with zero attached hydrogens (tertiary/aromatic N) is 1. The van der Waals surface area contributed by atoms with Gasteiger partial charge >= 0.3 is 11.9 Å². The highest BCUT2D eigenvalue weighted by Gasteiger charge is 2.13. The van der Waals surface area contributed by atoms with E-state index in [0.717, 1.165) is 116 Å². The number of esters is 2. The Morgan fingerprint density at radius 1 is 0.542 bits per heavy atom. The van der Waals surface area contributed by atoms with Crippen LogP contribution in [0.15, 0.2) is 24.3 Å². The van der Waals surface area contributed by atoms with E-state index in [4.69, 9.17) is 9.47 Å². The highest BCUT2D eigenvalue weighted by Crippen LogP contribution is 2.15. The van der Waals surface area contributed by atoms with Crippen LogP contribution < -0.4 is 0 Å². The zero-order chi connectivity index (χ0) is 35.2. The lowest BCUT2D eigenvalue weighted by Gasteiger charge is -2.21. The van der Waals surface area contributed by atoms with Gasteiger partial charge in [0.05, 0.1) is 13.2 Å². The molecule has 0 heterocycles. The third kappa shape index (κ3) is 34.2. The summed E-state index contributed by atoms with van der Waals surface area (Å²) in [5, 5.41) is 9.50. The van der Waals surface area contributed by atoms with Gasteiger partial charge in [-0.1, -0.05) is 135 Å². The van der Waals surface area contributed by atoms with E-state index >= 15 is 0 Å². The number of allylic oxidation sites excluding steroid dienone is 4. The van der Waals surface area contributed by atoms with E-state index in [-0.39, 0.29) is 24.6 Å². The second-order valence-electron chi connectivity index (χ2n) is 13.7. The van der Waals surface area contributed by atoms with Crippen LogP contribution in [0.1, 0.15) is 194 Å². The molecule has 0 aromatic heterocycles. The maximum absolute atomic E-state index is 12.6. The molecule has 0 saturated carbocycles. The summed E-state index contributed by atoms with van der Waals surface area (Å²) in [5.41, 5.74) is 0. The van der Waals surface area contributed by atoms with Gasteiger partial charge in [0.25, 0.3) is 0 Å². The van der Waals surface area contributed by atoms with E-state index in [2.05, 4.69) is 50.0 Å². The molecular weight excluding hydrogens is 598 g/mol. The molecule has 0 amide bonds. The monoisotopic (exact) mass is 678 g/mol. The fraction of sp³-hybridized carbons (Fsp3) is 0.857. The third-order valence-electron chi connectivity index (χ3n) is 9.01. The third-order valence-corrected chi connectivity index (χ3v) is 9.01. The van der Waals surface area contributed by atoms with Crippen LogP contribution in [-0.4, -0.2) is 60.9 Å². The van der Waals surface area contributed by atoms with Crippen molar-refractivity contribution in [2.75, 3.05) is 32.8 Å². The molecular formula is C42H79NO5. The fourth-order valence-electron chi connectivity index (χ4n) is 5.92. The molecule has 0 saturated heterocycles. The van der Waals surface area contributed by atoms with E-state index < -0.39 is 0 Å². The van der Waals surface area contributed by atoms with Gasteiger partial charge in [-0.05, 0) is 83.7 Å². The molecule has 0 aliphatic heterocycles. The van der Waals surface area contributed by atoms with E-state index in [0.29, 0.717) is 26.0 Å². The number of hydrogen-bond acceptors (Lipinski definition) is 6. The first-order valence-corrected chi connectivity index (χ1v) is 20.6. The topological polar surface area (TPSA) is 76.1 Å². The van der Waals surface area contributed by atoms with E-state index in [1.807, 2.05) is 0 Å². The number of hydrogen-bond donors (Lipinski definition) is 1. The Morgan fingerprint density at radius 3 is 1.65 bits per heavy atom. The van der Waals surface area contributed by atoms with E-state index in [1.54, 1.807) is 0 Å². The number of carbonyl (C=O) groups excluding carboxylic acids is 2. The lowest BCUT2D eigenvalue weighted by Crippen LogP contribution is -2.29. The maximum Gasteiger partial charge on any atom is 0.306 e. The minimum atomic E-state index is -0.0564. The summed E-state index contributed by atoms with van der Waals surface area (Å²) >= 11 is 0. The van der Waals surface area contributed by atoms with Gasteiger partial charge in [-0.3, -0.25) is 9.59 Å². The van der Waals surface area contributed by atoms with Gasteiger partial charge < -0.3 is 19.5 Å². The van der Waals surface area contributed by atoms with Crippen molar-refractivity contribution in [1.82, 2.24) is 4.90 Å². The first kappa shape index (κ1) is 46.3. The van der Waals surface area contributed by atoms with Crippen LogP contribution in [0.4, 0.5) is 0 Å². The largest absolute Gasteiger partial charge is 0.466 e. The van der Waals surface area contributed by atoms with Crippen molar-refractivity contribution in [2.24, 2.45) is 0 Å². The molecule has 0 radical (unpaired) electrons. The first-order valence-electron chi connectivity index (χ1n) is 20.6. The van der Waals surface area contributed by atoms with Crippen LogP contribution in [0, 0.1) is 0 Å². The smallest absolute Gasteiger partial charge is 0.306 e. The number of aliphatic hydroxyl groups excluding tert-OH is 1. The average molecular weight is 678 g/mol. The van der Waals surface area contributed by atoms with Crippen molar-refractivity contribution < 1.29 is 24.2 Å². The lowest BCUT2D eigenvalue weighted by atomic mass is 10.1. The molecule has 0 aromatic rings. The summed E-state index contributed by atoms with van der Waals surface area (Å²) in [5.74, 6) is -0.0996. The predicted molar refractivity (Wildman–Crippen MR) is 204 cm³/mol. The van der Waals surface area contributed by atoms with Crippen LogP contribution >= 0.6 is 0 Å². The molecule has 0 bridgehead atoms. The van der Waals surface area contributed by atoms with Crippen molar-refractivity contribution in [3.8, 4) is 0 Å². The number of ether oxygens (including phenoxy) is 2. The Bertz CT molecular complexity index is 752. The molecule has 0 fully saturated rings. The Balaban J connectivity index is 3.99. The van der Waals surface area contributed by atoms with Crippen LogP contribution in [-0.2, 0) is 19.1 Å². The summed E-state index contributed by atoms with van der Waals surface area (Å²) in [6.07, 6.45) is 37.9. The molecule has 6 nitrogen and oxygen atoms in total. The van der Waals surface area contributed by atoms with Gasteiger partial charge in [-0.25, -0.2) is 0 Å². The summed E-state index contributed by atoms with van der Waals surface area (Å²) in [6, 6.07) is 0. The van der Waals surface area contributed by atoms with Gasteiger partial charge in [0.2, 0.25) is 0 Å². The first-order chi connectivity index (χ1) is 23.6. The van der Waals surface area contributed by atoms with Crippen molar-refractivity contribution in [1.29, 1.82) is 0 Å². The Hall–Kier alpha value is -1.66. The van der Waals surface area contributed by atoms with Gasteiger partial charge in [0.15, 0.2) is 0 Å². The molecule has 6 heteroatoms. The molecule has 1 unspecified atom stereocenters. The highest BCUT2D eigenvalue weighted by atomic mass is 16.5. The number of unbranched alkanes of at least 4 members (excludes halogenated alkanes) is 16. The molecule has 0 aliphatic rings. The highest BCUT2D eigenvalue weighted by molar-refractivity contribution is 5.69. The van der Waals surface area contributed by atoms with Crippen molar-refractivity contribution in [2.45, 2.75) is 200 Å². The SMILES string of the molecule is CCC/C=C\CCC(CC/C=C\CCCC)OC(=O)CCCCCCCN(CCO)CCCCCC(=O)OCCCCCCCCCC. The van der Waals surface area contributed by atoms with Crippen LogP contribution in [0.5, 0.6) is 0 Å². The minimum absolute atomic E-state index is 0.00969. The number of rotatable bonds is 37. The molecule has 282 valence electrons. The Morgan fingerprint density at radius 2 is 1.04 bits per heavy atom. The second kappa shape index (κ2) is 38.1. The van der Waals surface area contributed by atoms with Gasteiger partial charge in [0, 0.05) is 19.4 Å². The minimum Gasteiger partial charge on any atom is -0.466 e. The predicted octanol–water partition coefficient (Wildman–Crippen LogP) is 11.4. The van der Waals surface area contributed by atoms with Crippen molar-refractivity contribution in [3.05, 3.63) is 24.3 Å². The second-order valence-corrected chi connectivity index (χ2v) is 13.7. The molecule has 48 heavy (non-hydrogen) atoms. The molecule has 0 spiro atoms. The summed E-state index contributed by atoms with van der Waals surface area (Å²) in [4.78, 5) is 27.0. The maximum atomic E-state index is 12.6. The lowest BCUT2D eigenvalue weighted by molar-refractivity contribution is -0.150. The van der Waals surface area contributed by atoms with Gasteiger partial charge in [-0.2, -0.15) is 0 Å². The van der Waals surface area contributed by atoms with E-state index in [9.17, 15) is 14.7 Å². The summed E-state index contributed by atoms with van der Waals surface area (Å²) < 4.78 is 11.3. The van der Waals surface area contributed by atoms with Gasteiger partial charge in [0.1, 0.15) is 6.10 Å². The van der Waals surface area contributed by atoms with Crippen molar-refractivity contribution in [3.63, 3.8) is 0 Å². The average Bonchev–Trinajstić information content (AvgIpc) is 3.08. The Kier molecular flexibility index (Phi) is 36.8. The number of carbonyl (C=O) groups is 2. The number of aliphatic hydroxyl groups is 1. The normalized spacial score (nSPS) is 12.4. The molecule has 1 atom stereocenters. The Labute approximate surface area is 297 Å². The standard InChI is InChI=1S/C42H79NO5/c1-4-7-10-13-15-16-22-30-39-47-41(45)33-27-23-29-36-43(37-38-44)35-28-21-17-20-26-34-42(46)48-40(31-24-18-12-9-6-3)32-25-19-14-11-8-5-2/h12,14,18-19,40,44H,4-11,13,15-17,20-39H2,1-3H3/b18-12-,19-14-. The zero-order valence-corrected chi connectivity index (χ0v) is 32.0. The summed E-state index contributed by atoms with van der Waals surface area (Å²) in [6.45, 7) is 10.1. The zero-order valence-electron chi connectivity index (χ0n) is 32.0. The molecule has 0 rings (SSSR count). The molecule has 0 aliphatic carbocycles. The van der Waals surface area contributed by atoms with Crippen LogP contribution in [0.3, 0.4) is 0 Å². The molecule has 0 aromatic carbocycles. The van der Waals surface area contributed by atoms with E-state index in [1.165, 1.54) is 57.8 Å².